The number of carbonyl (C=O) groups excluding carboxylic acids is 1. The van der Waals surface area contributed by atoms with Crippen LogP contribution >= 0.6 is 11.6 Å². The van der Waals surface area contributed by atoms with E-state index in [1.165, 1.54) is 12.1 Å². The first-order valence-corrected chi connectivity index (χ1v) is 7.72. The third kappa shape index (κ3) is 3.23. The zero-order valence-electron chi connectivity index (χ0n) is 12.6. The van der Waals surface area contributed by atoms with E-state index in [1.54, 1.807) is 13.0 Å². The molecule has 0 radical (unpaired) electrons. The van der Waals surface area contributed by atoms with Gasteiger partial charge in [-0.3, -0.25) is 4.79 Å². The summed E-state index contributed by atoms with van der Waals surface area (Å²) >= 11 is 6.06. The van der Waals surface area contributed by atoms with Crippen molar-refractivity contribution in [2.75, 3.05) is 19.8 Å². The summed E-state index contributed by atoms with van der Waals surface area (Å²) in [6.45, 7) is 3.45. The molecule has 7 heteroatoms. The molecule has 1 saturated heterocycles. The van der Waals surface area contributed by atoms with Crippen LogP contribution in [-0.4, -0.2) is 30.8 Å². The Morgan fingerprint density at radius 2 is 2.35 bits per heavy atom. The van der Waals surface area contributed by atoms with Gasteiger partial charge in [0.05, 0.1) is 17.2 Å². The minimum Gasteiger partial charge on any atom is -0.381 e. The molecule has 1 aromatic carbocycles. The number of nitrogens with one attached hydrogen (secondary N) is 1. The highest BCUT2D eigenvalue weighted by atomic mass is 35.5. The fourth-order valence-electron chi connectivity index (χ4n) is 2.60. The summed E-state index contributed by atoms with van der Waals surface area (Å²) in [6, 6.07) is 4.30. The molecule has 1 amide bonds. The van der Waals surface area contributed by atoms with E-state index in [0.717, 1.165) is 6.42 Å². The zero-order chi connectivity index (χ0) is 16.4. The van der Waals surface area contributed by atoms with E-state index < -0.39 is 5.82 Å². The summed E-state index contributed by atoms with van der Waals surface area (Å²) in [7, 11) is 0. The van der Waals surface area contributed by atoms with E-state index in [0.29, 0.717) is 31.4 Å². The number of carbonyl (C=O) groups is 1. The van der Waals surface area contributed by atoms with E-state index >= 15 is 0 Å². The zero-order valence-corrected chi connectivity index (χ0v) is 13.3. The number of hydrogen-bond donors (Lipinski definition) is 1. The second-order valence-electron chi connectivity index (χ2n) is 5.50. The lowest BCUT2D eigenvalue weighted by atomic mass is 10.0. The first kappa shape index (κ1) is 16.0. The number of hydrogen-bond acceptors (Lipinski definition) is 4. The van der Waals surface area contributed by atoms with E-state index in [-0.39, 0.29) is 27.8 Å². The highest BCUT2D eigenvalue weighted by Crippen LogP contribution is 2.33. The van der Waals surface area contributed by atoms with Crippen LogP contribution in [0.3, 0.4) is 0 Å². The summed E-state index contributed by atoms with van der Waals surface area (Å²) in [5.74, 6) is -0.298. The largest absolute Gasteiger partial charge is 0.381 e. The van der Waals surface area contributed by atoms with Crippen LogP contribution in [0.1, 0.15) is 22.5 Å². The minimum atomic E-state index is -0.552. The second kappa shape index (κ2) is 6.68. The number of nitrogens with zero attached hydrogens (tertiary/aromatic N) is 1. The van der Waals surface area contributed by atoms with Crippen LogP contribution in [0, 0.1) is 18.7 Å². The monoisotopic (exact) mass is 338 g/mol. The third-order valence-corrected chi connectivity index (χ3v) is 4.18. The van der Waals surface area contributed by atoms with Gasteiger partial charge in [-0.15, -0.1) is 0 Å². The predicted molar refractivity (Wildman–Crippen MR) is 82.9 cm³/mol. The molecular formula is C16H16ClFN2O3. The topological polar surface area (TPSA) is 64.4 Å². The SMILES string of the molecule is Cc1onc(-c2c(F)cccc2Cl)c1C(=O)NC[C@@H]1CCOC1. The van der Waals surface area contributed by atoms with Gasteiger partial charge < -0.3 is 14.6 Å². The summed E-state index contributed by atoms with van der Waals surface area (Å²) in [5, 5.41) is 6.83. The van der Waals surface area contributed by atoms with Gasteiger partial charge in [-0.1, -0.05) is 22.8 Å². The average molecular weight is 339 g/mol. The van der Waals surface area contributed by atoms with Crippen LogP contribution in [0.2, 0.25) is 5.02 Å². The third-order valence-electron chi connectivity index (χ3n) is 3.86. The van der Waals surface area contributed by atoms with Crippen molar-refractivity contribution in [2.45, 2.75) is 13.3 Å². The molecule has 0 saturated carbocycles. The molecule has 1 N–H and O–H groups in total. The Hall–Kier alpha value is -1.92. The van der Waals surface area contributed by atoms with Gasteiger partial charge in [0, 0.05) is 19.1 Å². The smallest absolute Gasteiger partial charge is 0.257 e. The summed E-state index contributed by atoms with van der Waals surface area (Å²) < 4.78 is 24.5. The van der Waals surface area contributed by atoms with Crippen molar-refractivity contribution in [1.82, 2.24) is 10.5 Å². The molecule has 1 aliphatic rings. The molecule has 1 aliphatic heterocycles. The van der Waals surface area contributed by atoms with Crippen molar-refractivity contribution >= 4 is 17.5 Å². The molecule has 1 fully saturated rings. The van der Waals surface area contributed by atoms with E-state index in [4.69, 9.17) is 20.9 Å². The van der Waals surface area contributed by atoms with Crippen LogP contribution in [0.25, 0.3) is 11.3 Å². The number of aryl methyl sites for hydroxylation is 1. The lowest BCUT2D eigenvalue weighted by molar-refractivity contribution is 0.0944. The molecule has 122 valence electrons. The first-order valence-electron chi connectivity index (χ1n) is 7.34. The quantitative estimate of drug-likeness (QED) is 0.929. The average Bonchev–Trinajstić information content (AvgIpc) is 3.15. The van der Waals surface area contributed by atoms with Crippen LogP contribution < -0.4 is 5.32 Å². The van der Waals surface area contributed by atoms with Crippen molar-refractivity contribution < 1.29 is 18.4 Å². The van der Waals surface area contributed by atoms with Gasteiger partial charge in [0.2, 0.25) is 0 Å². The molecule has 23 heavy (non-hydrogen) atoms. The van der Waals surface area contributed by atoms with E-state index in [2.05, 4.69) is 10.5 Å². The second-order valence-corrected chi connectivity index (χ2v) is 5.91. The highest BCUT2D eigenvalue weighted by molar-refractivity contribution is 6.33. The summed E-state index contributed by atoms with van der Waals surface area (Å²) in [4.78, 5) is 12.5. The van der Waals surface area contributed by atoms with E-state index in [1.807, 2.05) is 0 Å². The predicted octanol–water partition coefficient (Wildman–Crippen LogP) is 3.21. The van der Waals surface area contributed by atoms with Crippen molar-refractivity contribution in [2.24, 2.45) is 5.92 Å². The summed E-state index contributed by atoms with van der Waals surface area (Å²) in [6.07, 6.45) is 0.912. The highest BCUT2D eigenvalue weighted by Gasteiger charge is 2.26. The van der Waals surface area contributed by atoms with E-state index in [9.17, 15) is 9.18 Å². The number of ether oxygens (including phenoxy) is 1. The van der Waals surface area contributed by atoms with Crippen molar-refractivity contribution in [3.63, 3.8) is 0 Å². The van der Waals surface area contributed by atoms with Crippen LogP contribution in [-0.2, 0) is 4.74 Å². The lowest BCUT2D eigenvalue weighted by Crippen LogP contribution is -2.30. The maximum atomic E-state index is 14.1. The van der Waals surface area contributed by atoms with Gasteiger partial charge >= 0.3 is 0 Å². The number of benzene rings is 1. The molecule has 0 aliphatic carbocycles. The lowest BCUT2D eigenvalue weighted by Gasteiger charge is -2.10. The number of amides is 1. The Morgan fingerprint density at radius 1 is 1.52 bits per heavy atom. The molecule has 5 nitrogen and oxygen atoms in total. The Kier molecular flexibility index (Phi) is 4.63. The molecule has 0 bridgehead atoms. The maximum absolute atomic E-state index is 14.1. The van der Waals surface area contributed by atoms with Crippen LogP contribution in [0.5, 0.6) is 0 Å². The molecule has 1 atom stereocenters. The maximum Gasteiger partial charge on any atom is 0.257 e. The molecule has 2 aromatic rings. The van der Waals surface area contributed by atoms with Gasteiger partial charge in [-0.25, -0.2) is 4.39 Å². The molecular weight excluding hydrogens is 323 g/mol. The van der Waals surface area contributed by atoms with Crippen LogP contribution in [0.4, 0.5) is 4.39 Å². The fraction of sp³-hybridized carbons (Fsp3) is 0.375. The van der Waals surface area contributed by atoms with Gasteiger partial charge in [-0.2, -0.15) is 0 Å². The Morgan fingerprint density at radius 3 is 3.04 bits per heavy atom. The number of halogens is 2. The van der Waals surface area contributed by atoms with Crippen molar-refractivity contribution in [3.8, 4) is 11.3 Å². The van der Waals surface area contributed by atoms with Crippen molar-refractivity contribution in [3.05, 3.63) is 40.4 Å². The number of rotatable bonds is 4. The van der Waals surface area contributed by atoms with Gasteiger partial charge in [0.25, 0.3) is 5.91 Å². The number of aromatic nitrogens is 1. The van der Waals surface area contributed by atoms with Crippen molar-refractivity contribution in [1.29, 1.82) is 0 Å². The standard InChI is InChI=1S/C16H16ClFN2O3/c1-9-13(16(21)19-7-10-5-6-22-8-10)15(20-23-9)14-11(17)3-2-4-12(14)18/h2-4,10H,5-8H2,1H3,(H,19,21)/t10-/m0/s1. The molecule has 0 unspecified atom stereocenters. The molecule has 1 aromatic heterocycles. The Balaban J connectivity index is 1.88. The van der Waals surface area contributed by atoms with Crippen LogP contribution in [0.15, 0.2) is 22.7 Å². The summed E-state index contributed by atoms with van der Waals surface area (Å²) in [5.41, 5.74) is 0.391. The Labute approximate surface area is 137 Å². The minimum absolute atomic E-state index is 0.0698. The van der Waals surface area contributed by atoms with Gasteiger partial charge in [0.1, 0.15) is 22.8 Å². The Bertz CT molecular complexity index is 706. The molecule has 0 spiro atoms. The molecule has 2 heterocycles. The molecule has 3 rings (SSSR count). The van der Waals surface area contributed by atoms with Gasteiger partial charge in [0.15, 0.2) is 0 Å². The normalized spacial score (nSPS) is 17.4. The fourth-order valence-corrected chi connectivity index (χ4v) is 2.86. The van der Waals surface area contributed by atoms with Gasteiger partial charge in [-0.05, 0) is 25.5 Å². The first-order chi connectivity index (χ1) is 11.1.